The van der Waals surface area contributed by atoms with E-state index in [1.54, 1.807) is 0 Å². The molecule has 2 aromatic carbocycles. The van der Waals surface area contributed by atoms with Crippen LogP contribution in [0.4, 0.5) is 0 Å². The quantitative estimate of drug-likeness (QED) is 0.792. The van der Waals surface area contributed by atoms with Gasteiger partial charge in [0.15, 0.2) is 5.78 Å². The topological polar surface area (TPSA) is 26.3 Å². The van der Waals surface area contributed by atoms with Crippen LogP contribution in [0.25, 0.3) is 10.8 Å². The van der Waals surface area contributed by atoms with Crippen molar-refractivity contribution in [3.63, 3.8) is 0 Å². The summed E-state index contributed by atoms with van der Waals surface area (Å²) in [6.45, 7) is 0.807. The number of carbonyl (C=O) groups is 1. The Labute approximate surface area is 118 Å². The first-order valence-corrected chi connectivity index (χ1v) is 7.51. The fourth-order valence-corrected chi connectivity index (χ4v) is 3.61. The van der Waals surface area contributed by atoms with E-state index in [-0.39, 0.29) is 11.9 Å². The predicted molar refractivity (Wildman–Crippen MR) is 79.3 cm³/mol. The SMILES string of the molecule is O=C(CC1CCCO1)c1ccc2c3c(cccc13)CC2. The van der Waals surface area contributed by atoms with Gasteiger partial charge in [-0.05, 0) is 47.6 Å². The number of Topliss-reactive ketones (excluding diaryl/α,β-unsaturated/α-hetero) is 1. The van der Waals surface area contributed by atoms with Crippen LogP contribution in [-0.2, 0) is 17.6 Å². The minimum atomic E-state index is 0.130. The second-order valence-electron chi connectivity index (χ2n) is 5.87. The minimum Gasteiger partial charge on any atom is -0.378 e. The highest BCUT2D eigenvalue weighted by molar-refractivity contribution is 6.10. The molecule has 0 radical (unpaired) electrons. The van der Waals surface area contributed by atoms with E-state index in [0.717, 1.165) is 43.2 Å². The summed E-state index contributed by atoms with van der Waals surface area (Å²) in [5.41, 5.74) is 3.66. The van der Waals surface area contributed by atoms with Crippen molar-refractivity contribution in [1.29, 1.82) is 0 Å². The van der Waals surface area contributed by atoms with Crippen LogP contribution in [-0.4, -0.2) is 18.5 Å². The van der Waals surface area contributed by atoms with Crippen molar-refractivity contribution in [3.05, 3.63) is 47.0 Å². The maximum absolute atomic E-state index is 12.6. The van der Waals surface area contributed by atoms with Crippen LogP contribution in [0.3, 0.4) is 0 Å². The lowest BCUT2D eigenvalue weighted by molar-refractivity contribution is 0.0777. The van der Waals surface area contributed by atoms with Gasteiger partial charge in [-0.3, -0.25) is 4.79 Å². The molecule has 1 saturated heterocycles. The number of carbonyl (C=O) groups excluding carboxylic acids is 1. The van der Waals surface area contributed by atoms with Gasteiger partial charge < -0.3 is 4.74 Å². The van der Waals surface area contributed by atoms with Gasteiger partial charge in [-0.2, -0.15) is 0 Å². The lowest BCUT2D eigenvalue weighted by Crippen LogP contribution is -2.13. The number of hydrogen-bond acceptors (Lipinski definition) is 2. The van der Waals surface area contributed by atoms with Gasteiger partial charge in [-0.15, -0.1) is 0 Å². The van der Waals surface area contributed by atoms with Crippen molar-refractivity contribution in [2.45, 2.75) is 38.2 Å². The van der Waals surface area contributed by atoms with Crippen molar-refractivity contribution < 1.29 is 9.53 Å². The van der Waals surface area contributed by atoms with Crippen LogP contribution in [0.2, 0.25) is 0 Å². The Bertz CT molecular complexity index is 671. The van der Waals surface area contributed by atoms with Crippen molar-refractivity contribution in [3.8, 4) is 0 Å². The smallest absolute Gasteiger partial charge is 0.166 e. The largest absolute Gasteiger partial charge is 0.378 e. The first-order chi connectivity index (χ1) is 9.83. The average molecular weight is 266 g/mol. The van der Waals surface area contributed by atoms with Crippen molar-refractivity contribution in [1.82, 2.24) is 0 Å². The third kappa shape index (κ3) is 1.87. The molecular weight excluding hydrogens is 248 g/mol. The third-order valence-electron chi connectivity index (χ3n) is 4.61. The van der Waals surface area contributed by atoms with E-state index in [1.807, 2.05) is 6.07 Å². The predicted octanol–water partition coefficient (Wildman–Crippen LogP) is 3.69. The summed E-state index contributed by atoms with van der Waals surface area (Å²) in [7, 11) is 0. The molecular formula is C18H18O2. The normalized spacial score (nSPS) is 20.7. The molecule has 2 aromatic rings. The van der Waals surface area contributed by atoms with Crippen LogP contribution in [0, 0.1) is 0 Å². The third-order valence-corrected chi connectivity index (χ3v) is 4.61. The van der Waals surface area contributed by atoms with Gasteiger partial charge in [0.1, 0.15) is 0 Å². The number of hydrogen-bond donors (Lipinski definition) is 0. The fourth-order valence-electron chi connectivity index (χ4n) is 3.61. The lowest BCUT2D eigenvalue weighted by Gasteiger charge is -2.11. The number of ketones is 1. The second-order valence-corrected chi connectivity index (χ2v) is 5.87. The number of rotatable bonds is 3. The second kappa shape index (κ2) is 4.71. The van der Waals surface area contributed by atoms with Gasteiger partial charge in [0.05, 0.1) is 6.10 Å². The Hall–Kier alpha value is -1.67. The maximum Gasteiger partial charge on any atom is 0.166 e. The lowest BCUT2D eigenvalue weighted by atomic mass is 9.95. The highest BCUT2D eigenvalue weighted by Crippen LogP contribution is 2.33. The zero-order chi connectivity index (χ0) is 13.5. The zero-order valence-electron chi connectivity index (χ0n) is 11.5. The Morgan fingerprint density at radius 2 is 2.00 bits per heavy atom. The summed E-state index contributed by atoms with van der Waals surface area (Å²) >= 11 is 0. The first-order valence-electron chi connectivity index (χ1n) is 7.51. The van der Waals surface area contributed by atoms with E-state index in [0.29, 0.717) is 6.42 Å². The molecule has 1 fully saturated rings. The Kier molecular flexibility index (Phi) is 2.85. The number of ether oxygens (including phenoxy) is 1. The van der Waals surface area contributed by atoms with Gasteiger partial charge in [0.25, 0.3) is 0 Å². The summed E-state index contributed by atoms with van der Waals surface area (Å²) in [5, 5.41) is 2.46. The molecule has 2 nitrogen and oxygen atoms in total. The van der Waals surface area contributed by atoms with Gasteiger partial charge in [-0.1, -0.05) is 30.3 Å². The monoisotopic (exact) mass is 266 g/mol. The van der Waals surface area contributed by atoms with Crippen LogP contribution >= 0.6 is 0 Å². The van der Waals surface area contributed by atoms with Crippen LogP contribution in [0.5, 0.6) is 0 Å². The van der Waals surface area contributed by atoms with E-state index in [9.17, 15) is 4.79 Å². The zero-order valence-corrected chi connectivity index (χ0v) is 11.5. The van der Waals surface area contributed by atoms with Gasteiger partial charge >= 0.3 is 0 Å². The highest BCUT2D eigenvalue weighted by atomic mass is 16.5. The molecule has 1 aliphatic heterocycles. The average Bonchev–Trinajstić information content (AvgIpc) is 3.10. The molecule has 0 saturated carbocycles. The van der Waals surface area contributed by atoms with Crippen LogP contribution < -0.4 is 0 Å². The summed E-state index contributed by atoms with van der Waals surface area (Å²) in [5.74, 6) is 0.229. The molecule has 1 aliphatic carbocycles. The van der Waals surface area contributed by atoms with Crippen molar-refractivity contribution in [2.24, 2.45) is 0 Å². The standard InChI is InChI=1S/C18H18O2/c19-17(11-14-4-2-10-20-14)15-9-8-13-7-6-12-3-1-5-16(15)18(12)13/h1,3,5,8-9,14H,2,4,6-7,10-11H2. The maximum atomic E-state index is 12.6. The molecule has 20 heavy (non-hydrogen) atoms. The van der Waals surface area contributed by atoms with Crippen LogP contribution in [0.1, 0.15) is 40.7 Å². The first kappa shape index (κ1) is 12.1. The molecule has 102 valence electrons. The molecule has 2 aliphatic rings. The molecule has 1 unspecified atom stereocenters. The summed E-state index contributed by atoms with van der Waals surface area (Å²) in [6.07, 6.45) is 4.98. The van der Waals surface area contributed by atoms with Gasteiger partial charge in [0, 0.05) is 18.6 Å². The van der Waals surface area contributed by atoms with Gasteiger partial charge in [-0.25, -0.2) is 0 Å². The molecule has 0 bridgehead atoms. The Morgan fingerprint density at radius 1 is 1.15 bits per heavy atom. The Balaban J connectivity index is 1.75. The molecule has 2 heteroatoms. The highest BCUT2D eigenvalue weighted by Gasteiger charge is 2.23. The molecule has 0 aromatic heterocycles. The van der Waals surface area contributed by atoms with Crippen LogP contribution in [0.15, 0.2) is 30.3 Å². The number of aryl methyl sites for hydroxylation is 2. The fraction of sp³-hybridized carbons (Fsp3) is 0.389. The molecule has 0 amide bonds. The van der Waals surface area contributed by atoms with Gasteiger partial charge in [0.2, 0.25) is 0 Å². The Morgan fingerprint density at radius 3 is 2.80 bits per heavy atom. The number of benzene rings is 2. The summed E-state index contributed by atoms with van der Waals surface area (Å²) in [4.78, 5) is 12.6. The van der Waals surface area contributed by atoms with Crippen molar-refractivity contribution >= 4 is 16.6 Å². The molecule has 1 atom stereocenters. The summed E-state index contributed by atoms with van der Waals surface area (Å²) < 4.78 is 5.60. The molecule has 0 spiro atoms. The van der Waals surface area contributed by atoms with E-state index in [1.165, 1.54) is 16.5 Å². The van der Waals surface area contributed by atoms with E-state index >= 15 is 0 Å². The van der Waals surface area contributed by atoms with E-state index in [4.69, 9.17) is 4.74 Å². The molecule has 1 heterocycles. The minimum absolute atomic E-state index is 0.130. The molecule has 4 rings (SSSR count). The summed E-state index contributed by atoms with van der Waals surface area (Å²) in [6, 6.07) is 10.5. The van der Waals surface area contributed by atoms with E-state index < -0.39 is 0 Å². The molecule has 0 N–H and O–H groups in total. The van der Waals surface area contributed by atoms with Crippen molar-refractivity contribution in [2.75, 3.05) is 6.61 Å². The van der Waals surface area contributed by atoms with E-state index in [2.05, 4.69) is 24.3 Å².